The molecule has 1 heterocycles. The third-order valence-corrected chi connectivity index (χ3v) is 2.80. The summed E-state index contributed by atoms with van der Waals surface area (Å²) in [6, 6.07) is 5.54. The molecule has 0 atom stereocenters. The highest BCUT2D eigenvalue weighted by atomic mass is 35.5. The van der Waals surface area contributed by atoms with E-state index < -0.39 is 0 Å². The summed E-state index contributed by atoms with van der Waals surface area (Å²) in [4.78, 5) is 4.18. The minimum atomic E-state index is -0.126. The van der Waals surface area contributed by atoms with Crippen molar-refractivity contribution in [2.45, 2.75) is 26.2 Å². The summed E-state index contributed by atoms with van der Waals surface area (Å²) >= 11 is 5.92. The number of benzene rings is 1. The topological polar surface area (TPSA) is 33.1 Å². The van der Waals surface area contributed by atoms with E-state index in [2.05, 4.69) is 25.8 Å². The van der Waals surface area contributed by atoms with E-state index in [9.17, 15) is 5.11 Å². The van der Waals surface area contributed by atoms with Crippen LogP contribution in [0.1, 0.15) is 26.3 Å². The smallest absolute Gasteiger partial charge is 0.138 e. The second-order valence-corrected chi connectivity index (χ2v) is 5.37. The van der Waals surface area contributed by atoms with Crippen LogP contribution in [0.2, 0.25) is 5.02 Å². The highest BCUT2D eigenvalue weighted by molar-refractivity contribution is 6.31. The summed E-state index contributed by atoms with van der Waals surface area (Å²) in [6.45, 7) is 6.20. The lowest BCUT2D eigenvalue weighted by Crippen LogP contribution is -2.12. The Balaban J connectivity index is 2.85. The predicted octanol–water partition coefficient (Wildman–Crippen LogP) is 3.89. The molecule has 1 aromatic heterocycles. The number of pyridine rings is 1. The number of rotatable bonds is 0. The van der Waals surface area contributed by atoms with E-state index in [1.54, 1.807) is 0 Å². The number of fused-ring (bicyclic) bond motifs is 1. The van der Waals surface area contributed by atoms with Crippen LogP contribution in [0.5, 0.6) is 5.75 Å². The lowest BCUT2D eigenvalue weighted by atomic mass is 9.84. The van der Waals surface area contributed by atoms with Crippen LogP contribution in [0.15, 0.2) is 24.4 Å². The molecule has 0 saturated carbocycles. The van der Waals surface area contributed by atoms with Crippen LogP contribution in [0.3, 0.4) is 0 Å². The molecule has 0 aliphatic rings. The van der Waals surface area contributed by atoms with Gasteiger partial charge in [0.2, 0.25) is 0 Å². The van der Waals surface area contributed by atoms with Gasteiger partial charge >= 0.3 is 0 Å². The Morgan fingerprint density at radius 1 is 1.25 bits per heavy atom. The lowest BCUT2D eigenvalue weighted by Gasteiger charge is -2.22. The maximum Gasteiger partial charge on any atom is 0.138 e. The van der Waals surface area contributed by atoms with Gasteiger partial charge in [0.05, 0.1) is 11.7 Å². The lowest BCUT2D eigenvalue weighted by molar-refractivity contribution is 0.447. The third kappa shape index (κ3) is 1.85. The van der Waals surface area contributed by atoms with Gasteiger partial charge in [0, 0.05) is 16.0 Å². The highest BCUT2D eigenvalue weighted by Crippen LogP contribution is 2.36. The van der Waals surface area contributed by atoms with Gasteiger partial charge in [0.25, 0.3) is 0 Å². The van der Waals surface area contributed by atoms with E-state index in [1.807, 2.05) is 18.2 Å². The van der Waals surface area contributed by atoms with Crippen molar-refractivity contribution in [3.8, 4) is 5.75 Å². The molecule has 0 saturated heterocycles. The number of aromatic nitrogens is 1. The van der Waals surface area contributed by atoms with Gasteiger partial charge in [-0.25, -0.2) is 0 Å². The first-order chi connectivity index (χ1) is 7.39. The van der Waals surface area contributed by atoms with Gasteiger partial charge < -0.3 is 5.11 Å². The van der Waals surface area contributed by atoms with Crippen molar-refractivity contribution in [3.05, 3.63) is 35.0 Å². The van der Waals surface area contributed by atoms with Crippen molar-refractivity contribution >= 4 is 22.5 Å². The molecule has 2 rings (SSSR count). The zero-order chi connectivity index (χ0) is 11.9. The second-order valence-electron chi connectivity index (χ2n) is 4.93. The number of hydrogen-bond donors (Lipinski definition) is 1. The summed E-state index contributed by atoms with van der Waals surface area (Å²) < 4.78 is 0. The van der Waals surface area contributed by atoms with Crippen molar-refractivity contribution < 1.29 is 5.11 Å². The molecule has 0 fully saturated rings. The van der Waals surface area contributed by atoms with Crippen molar-refractivity contribution in [2.75, 3.05) is 0 Å². The van der Waals surface area contributed by atoms with Gasteiger partial charge in [-0.2, -0.15) is 0 Å². The first kappa shape index (κ1) is 11.2. The summed E-state index contributed by atoms with van der Waals surface area (Å²) in [7, 11) is 0. The highest BCUT2D eigenvalue weighted by Gasteiger charge is 2.21. The molecule has 0 radical (unpaired) electrons. The molecule has 0 aliphatic carbocycles. The Bertz CT molecular complexity index is 543. The van der Waals surface area contributed by atoms with Crippen LogP contribution in [-0.4, -0.2) is 10.1 Å². The van der Waals surface area contributed by atoms with E-state index >= 15 is 0 Å². The summed E-state index contributed by atoms with van der Waals surface area (Å²) in [5, 5.41) is 11.5. The van der Waals surface area contributed by atoms with Crippen molar-refractivity contribution in [3.63, 3.8) is 0 Å². The first-order valence-corrected chi connectivity index (χ1v) is 5.55. The van der Waals surface area contributed by atoms with E-state index in [4.69, 9.17) is 11.6 Å². The van der Waals surface area contributed by atoms with Crippen LogP contribution >= 0.6 is 11.6 Å². The summed E-state index contributed by atoms with van der Waals surface area (Å²) in [5.74, 6) is 0.238. The Labute approximate surface area is 99.9 Å². The number of nitrogens with zero attached hydrogens (tertiary/aromatic N) is 1. The van der Waals surface area contributed by atoms with E-state index in [0.717, 1.165) is 16.5 Å². The number of halogens is 1. The molecule has 0 bridgehead atoms. The Morgan fingerprint density at radius 2 is 1.94 bits per heavy atom. The zero-order valence-corrected chi connectivity index (χ0v) is 10.3. The molecule has 84 valence electrons. The van der Waals surface area contributed by atoms with Crippen LogP contribution in [0.4, 0.5) is 0 Å². The predicted molar refractivity (Wildman–Crippen MR) is 67.1 cm³/mol. The average molecular weight is 236 g/mol. The van der Waals surface area contributed by atoms with Gasteiger partial charge in [0.15, 0.2) is 0 Å². The van der Waals surface area contributed by atoms with Gasteiger partial charge in [-0.05, 0) is 17.5 Å². The van der Waals surface area contributed by atoms with Crippen LogP contribution < -0.4 is 0 Å². The fourth-order valence-electron chi connectivity index (χ4n) is 1.94. The minimum Gasteiger partial charge on any atom is -0.506 e. The zero-order valence-electron chi connectivity index (χ0n) is 9.58. The number of hydrogen-bond acceptors (Lipinski definition) is 2. The molecular formula is C13H14ClNO. The van der Waals surface area contributed by atoms with Gasteiger partial charge in [0.1, 0.15) is 5.75 Å². The Morgan fingerprint density at radius 3 is 2.56 bits per heavy atom. The largest absolute Gasteiger partial charge is 0.506 e. The fourth-order valence-corrected chi connectivity index (χ4v) is 2.11. The first-order valence-electron chi connectivity index (χ1n) is 5.17. The molecule has 3 heteroatoms. The van der Waals surface area contributed by atoms with Crippen LogP contribution in [-0.2, 0) is 5.41 Å². The molecule has 1 aromatic carbocycles. The van der Waals surface area contributed by atoms with E-state index in [-0.39, 0.29) is 11.2 Å². The molecule has 2 aromatic rings. The Kier molecular flexibility index (Phi) is 2.55. The van der Waals surface area contributed by atoms with Crippen molar-refractivity contribution in [1.82, 2.24) is 4.98 Å². The average Bonchev–Trinajstić information content (AvgIpc) is 2.16. The van der Waals surface area contributed by atoms with Crippen LogP contribution in [0.25, 0.3) is 10.9 Å². The Hall–Kier alpha value is -1.28. The van der Waals surface area contributed by atoms with Gasteiger partial charge in [-0.15, -0.1) is 0 Å². The molecule has 1 N–H and O–H groups in total. The summed E-state index contributed by atoms with van der Waals surface area (Å²) in [6.07, 6.45) is 1.49. The standard InChI is InChI=1S/C13H14ClNO/c1-13(2,3)12-9-5-4-8(14)6-10(9)15-7-11(12)16/h4-7,16H,1-3H3. The molecule has 2 nitrogen and oxygen atoms in total. The second kappa shape index (κ2) is 3.63. The maximum absolute atomic E-state index is 9.92. The van der Waals surface area contributed by atoms with Crippen LogP contribution in [0, 0.1) is 0 Å². The number of aromatic hydroxyl groups is 1. The maximum atomic E-state index is 9.92. The van der Waals surface area contributed by atoms with E-state index in [0.29, 0.717) is 5.02 Å². The van der Waals surface area contributed by atoms with Crippen molar-refractivity contribution in [1.29, 1.82) is 0 Å². The molecule has 16 heavy (non-hydrogen) atoms. The summed E-state index contributed by atoms with van der Waals surface area (Å²) in [5.41, 5.74) is 1.60. The molecule has 0 amide bonds. The minimum absolute atomic E-state index is 0.126. The van der Waals surface area contributed by atoms with Gasteiger partial charge in [-0.3, -0.25) is 4.98 Å². The quantitative estimate of drug-likeness (QED) is 0.752. The monoisotopic (exact) mass is 235 g/mol. The van der Waals surface area contributed by atoms with Crippen molar-refractivity contribution in [2.24, 2.45) is 0 Å². The molecule has 0 unspecified atom stereocenters. The van der Waals surface area contributed by atoms with Gasteiger partial charge in [-0.1, -0.05) is 38.4 Å². The third-order valence-electron chi connectivity index (χ3n) is 2.56. The normalized spacial score (nSPS) is 12.0. The van der Waals surface area contributed by atoms with E-state index in [1.165, 1.54) is 6.20 Å². The molecule has 0 aliphatic heterocycles. The molecular weight excluding hydrogens is 222 g/mol. The molecule has 0 spiro atoms. The SMILES string of the molecule is CC(C)(C)c1c(O)cnc2cc(Cl)ccc12. The fraction of sp³-hybridized carbons (Fsp3) is 0.308.